The zero-order valence-corrected chi connectivity index (χ0v) is 25.9. The zero-order chi connectivity index (χ0) is 32.0. The Hall–Kier alpha value is -3.93. The number of amides is 1. The van der Waals surface area contributed by atoms with Gasteiger partial charge in [0.2, 0.25) is 0 Å². The molecule has 0 bridgehead atoms. The Morgan fingerprint density at radius 2 is 1.89 bits per heavy atom. The van der Waals surface area contributed by atoms with Gasteiger partial charge < -0.3 is 33.8 Å². The third kappa shape index (κ3) is 5.22. The summed E-state index contributed by atoms with van der Waals surface area (Å²) in [5.74, 6) is -1.80. The number of fused-ring (bicyclic) bond motifs is 4. The van der Waals surface area contributed by atoms with Gasteiger partial charge >= 0.3 is 23.7 Å². The standard InChI is InChI=1S/C32H40N2O10/c1-7-34-29(39)43-24-14-22-30(4,11-10-23(41-18(3)36)31(22,5)16-40-17(2)35)27-26(37)25-21(44-32(24,27)6)13-20(42-28(25)38)19-9-8-12-33-15-19/h8-9,12-13,15,22-24,26-27,37H,7,10-11,14,16H2,1-6H3,(H,34,39)/t22?,23-,24-,26?,27?,30-,31-,32+/m0/s1. The van der Waals surface area contributed by atoms with Crippen LogP contribution in [-0.2, 0) is 23.8 Å². The number of aliphatic hydroxyl groups is 1. The maximum Gasteiger partial charge on any atom is 0.407 e. The van der Waals surface area contributed by atoms with Crippen LogP contribution in [0.2, 0.25) is 0 Å². The molecule has 3 heterocycles. The molecule has 1 amide bonds. The highest BCUT2D eigenvalue weighted by Gasteiger charge is 2.71. The summed E-state index contributed by atoms with van der Waals surface area (Å²) in [5.41, 5.74) is -3.20. The van der Waals surface area contributed by atoms with Crippen molar-refractivity contribution in [3.8, 4) is 17.1 Å². The van der Waals surface area contributed by atoms with Gasteiger partial charge in [-0.3, -0.25) is 14.6 Å². The Morgan fingerprint density at radius 1 is 1.14 bits per heavy atom. The Balaban J connectivity index is 1.67. The molecule has 12 heteroatoms. The van der Waals surface area contributed by atoms with Crippen LogP contribution in [0, 0.1) is 22.7 Å². The molecule has 0 radical (unpaired) electrons. The van der Waals surface area contributed by atoms with Crippen LogP contribution in [0.5, 0.6) is 5.75 Å². The lowest BCUT2D eigenvalue weighted by molar-refractivity contribution is -0.266. The summed E-state index contributed by atoms with van der Waals surface area (Å²) in [6.45, 7) is 10.3. The number of ether oxygens (including phenoxy) is 4. The number of hydrogen-bond donors (Lipinski definition) is 2. The van der Waals surface area contributed by atoms with Crippen molar-refractivity contribution in [2.75, 3.05) is 13.2 Å². The number of carbonyl (C=O) groups is 3. The van der Waals surface area contributed by atoms with Crippen molar-refractivity contribution in [2.24, 2.45) is 22.7 Å². The molecule has 5 rings (SSSR count). The minimum Gasteiger partial charge on any atom is -0.482 e. The molecule has 3 unspecified atom stereocenters. The summed E-state index contributed by atoms with van der Waals surface area (Å²) in [7, 11) is 0. The predicted octanol–water partition coefficient (Wildman–Crippen LogP) is 3.94. The van der Waals surface area contributed by atoms with Crippen molar-refractivity contribution in [1.82, 2.24) is 10.3 Å². The monoisotopic (exact) mass is 612 g/mol. The number of alkyl carbamates (subject to hydrolysis) is 1. The Bertz CT molecular complexity index is 1490. The van der Waals surface area contributed by atoms with Crippen LogP contribution >= 0.6 is 0 Å². The van der Waals surface area contributed by atoms with E-state index >= 15 is 0 Å². The summed E-state index contributed by atoms with van der Waals surface area (Å²) in [4.78, 5) is 54.7. The number of carbonyl (C=O) groups excluding carboxylic acids is 3. The minimum atomic E-state index is -1.36. The van der Waals surface area contributed by atoms with E-state index < -0.39 is 70.2 Å². The predicted molar refractivity (Wildman–Crippen MR) is 155 cm³/mol. The maximum atomic E-state index is 13.5. The second-order valence-electron chi connectivity index (χ2n) is 12.8. The smallest absolute Gasteiger partial charge is 0.407 e. The number of aliphatic hydroxyl groups excluding tert-OH is 1. The fourth-order valence-corrected chi connectivity index (χ4v) is 8.15. The number of hydrogen-bond acceptors (Lipinski definition) is 11. The van der Waals surface area contributed by atoms with Crippen molar-refractivity contribution < 1.29 is 42.9 Å². The third-order valence-electron chi connectivity index (χ3n) is 9.99. The van der Waals surface area contributed by atoms with E-state index in [-0.39, 0.29) is 30.1 Å². The Kier molecular flexibility index (Phi) is 8.25. The van der Waals surface area contributed by atoms with E-state index in [0.717, 1.165) is 0 Å². The average Bonchev–Trinajstić information content (AvgIpc) is 2.95. The van der Waals surface area contributed by atoms with Gasteiger partial charge in [-0.25, -0.2) is 9.59 Å². The van der Waals surface area contributed by atoms with Gasteiger partial charge in [-0.1, -0.05) is 13.8 Å². The van der Waals surface area contributed by atoms with Gasteiger partial charge in [-0.15, -0.1) is 0 Å². The van der Waals surface area contributed by atoms with Crippen molar-refractivity contribution in [3.05, 3.63) is 46.6 Å². The first-order chi connectivity index (χ1) is 20.7. The fraction of sp³-hybridized carbons (Fsp3) is 0.594. The van der Waals surface area contributed by atoms with Crippen LogP contribution in [0.25, 0.3) is 11.3 Å². The molecule has 8 atom stereocenters. The largest absolute Gasteiger partial charge is 0.482 e. The molecule has 2 aliphatic carbocycles. The summed E-state index contributed by atoms with van der Waals surface area (Å²) in [5, 5.41) is 14.8. The van der Waals surface area contributed by atoms with Gasteiger partial charge in [0.05, 0.1) is 6.10 Å². The van der Waals surface area contributed by atoms with E-state index in [2.05, 4.69) is 10.3 Å². The van der Waals surface area contributed by atoms with E-state index in [9.17, 15) is 24.3 Å². The molecule has 44 heavy (non-hydrogen) atoms. The van der Waals surface area contributed by atoms with Gasteiger partial charge in [0.15, 0.2) is 0 Å². The number of aromatic nitrogens is 1. The number of nitrogens with one attached hydrogen (secondary N) is 1. The molecule has 2 saturated carbocycles. The van der Waals surface area contributed by atoms with Gasteiger partial charge in [0.25, 0.3) is 0 Å². The molecule has 0 aromatic carbocycles. The Labute approximate surface area is 255 Å². The SMILES string of the molecule is CCNC(=O)O[C@H]1CC2[C@](C)(CC[C@H](OC(C)=O)[C@@]2(C)COC(C)=O)C2C(O)c3c(cc(-c4cccnc4)oc3=O)O[C@@]21C. The van der Waals surface area contributed by atoms with Crippen LogP contribution < -0.4 is 15.7 Å². The lowest BCUT2D eigenvalue weighted by Gasteiger charge is -2.66. The molecule has 2 fully saturated rings. The van der Waals surface area contributed by atoms with Crippen LogP contribution in [0.3, 0.4) is 0 Å². The first kappa shape index (κ1) is 31.5. The maximum absolute atomic E-state index is 13.5. The number of esters is 2. The highest BCUT2D eigenvalue weighted by atomic mass is 16.6. The van der Waals surface area contributed by atoms with Crippen molar-refractivity contribution in [3.63, 3.8) is 0 Å². The molecule has 1 aliphatic heterocycles. The second-order valence-corrected chi connectivity index (χ2v) is 12.8. The summed E-state index contributed by atoms with van der Waals surface area (Å²) in [6.07, 6.45) is 0.722. The van der Waals surface area contributed by atoms with Gasteiger partial charge in [0, 0.05) is 55.7 Å². The van der Waals surface area contributed by atoms with Crippen LogP contribution in [0.4, 0.5) is 4.79 Å². The molecule has 12 nitrogen and oxygen atoms in total. The van der Waals surface area contributed by atoms with Crippen LogP contribution in [-0.4, -0.2) is 59.1 Å². The Morgan fingerprint density at radius 3 is 2.52 bits per heavy atom. The quantitative estimate of drug-likeness (QED) is 0.359. The molecule has 2 N–H and O–H groups in total. The highest BCUT2D eigenvalue weighted by Crippen LogP contribution is 2.67. The minimum absolute atomic E-state index is 0.0254. The van der Waals surface area contributed by atoms with E-state index in [1.54, 1.807) is 44.4 Å². The average molecular weight is 613 g/mol. The molecule has 2 aromatic heterocycles. The molecule has 2 aromatic rings. The molecule has 0 saturated heterocycles. The second kappa shape index (κ2) is 11.5. The topological polar surface area (TPSA) is 163 Å². The van der Waals surface area contributed by atoms with E-state index in [4.69, 9.17) is 23.4 Å². The first-order valence-corrected chi connectivity index (χ1v) is 14.9. The number of rotatable bonds is 6. The van der Waals surface area contributed by atoms with Crippen molar-refractivity contribution >= 4 is 18.0 Å². The van der Waals surface area contributed by atoms with Crippen molar-refractivity contribution in [2.45, 2.75) is 84.7 Å². The first-order valence-electron chi connectivity index (χ1n) is 14.9. The van der Waals surface area contributed by atoms with E-state index in [1.807, 2.05) is 13.8 Å². The molecule has 0 spiro atoms. The number of nitrogens with zero attached hydrogens (tertiary/aromatic N) is 1. The third-order valence-corrected chi connectivity index (χ3v) is 9.99. The van der Waals surface area contributed by atoms with E-state index in [1.165, 1.54) is 13.8 Å². The highest BCUT2D eigenvalue weighted by molar-refractivity contribution is 5.68. The normalized spacial score (nSPS) is 33.8. The molecule has 3 aliphatic rings. The van der Waals surface area contributed by atoms with Gasteiger partial charge in [-0.05, 0) is 56.6 Å². The fourth-order valence-electron chi connectivity index (χ4n) is 8.15. The molecular formula is C32H40N2O10. The van der Waals surface area contributed by atoms with Gasteiger partial charge in [0.1, 0.15) is 41.5 Å². The summed E-state index contributed by atoms with van der Waals surface area (Å²) in [6, 6.07) is 5.00. The summed E-state index contributed by atoms with van der Waals surface area (Å²) >= 11 is 0. The number of pyridine rings is 1. The lowest BCUT2D eigenvalue weighted by Crippen LogP contribution is -2.71. The van der Waals surface area contributed by atoms with Crippen LogP contribution in [0.1, 0.15) is 72.5 Å². The lowest BCUT2D eigenvalue weighted by atomic mass is 9.42. The van der Waals surface area contributed by atoms with Gasteiger partial charge in [-0.2, -0.15) is 0 Å². The van der Waals surface area contributed by atoms with Crippen molar-refractivity contribution in [1.29, 1.82) is 0 Å². The van der Waals surface area contributed by atoms with E-state index in [0.29, 0.717) is 24.9 Å². The summed E-state index contributed by atoms with van der Waals surface area (Å²) < 4.78 is 29.7. The molecule has 238 valence electrons. The van der Waals surface area contributed by atoms with Crippen LogP contribution in [0.15, 0.2) is 39.8 Å². The zero-order valence-electron chi connectivity index (χ0n) is 25.9. The molecular weight excluding hydrogens is 572 g/mol.